The van der Waals surface area contributed by atoms with Crippen LogP contribution in [0.4, 0.5) is 0 Å². The van der Waals surface area contributed by atoms with Gasteiger partial charge in [0.1, 0.15) is 28.8 Å². The van der Waals surface area contributed by atoms with E-state index in [-0.39, 0.29) is 0 Å². The van der Waals surface area contributed by atoms with E-state index in [1.807, 2.05) is 48.5 Å². The fraction of sp³-hybridized carbons (Fsp3) is 0.346. The van der Waals surface area contributed by atoms with Gasteiger partial charge in [-0.25, -0.2) is 4.79 Å². The van der Waals surface area contributed by atoms with Crippen molar-refractivity contribution >= 4 is 17.6 Å². The summed E-state index contributed by atoms with van der Waals surface area (Å²) in [4.78, 5) is 11.5. The van der Waals surface area contributed by atoms with E-state index in [0.717, 1.165) is 29.3 Å². The van der Waals surface area contributed by atoms with Crippen LogP contribution >= 0.6 is 11.6 Å². The minimum Gasteiger partial charge on any atom is -0.496 e. The molecule has 1 heterocycles. The molecule has 0 amide bonds. The molecule has 1 atom stereocenters. The lowest BCUT2D eigenvalue weighted by molar-refractivity contribution is -0.155. The largest absolute Gasteiger partial charge is 0.496 e. The molecule has 2 aromatic rings. The standard InChI is InChI=1S/C26H27ClO6/c1-26(25(28)29)13-12-18-8-9-20(17-24(18)33-26)30-14-5-15-31-23-11-10-21(16-22(23)27)32-19-6-3-2-4-7-19/h2-4,6-9,16-17H,5,10-15H2,1H3,(H,28,29). The summed E-state index contributed by atoms with van der Waals surface area (Å²) in [5.74, 6) is 2.61. The molecule has 33 heavy (non-hydrogen) atoms. The number of para-hydroxylation sites is 1. The number of fused-ring (bicyclic) bond motifs is 1. The van der Waals surface area contributed by atoms with Crippen molar-refractivity contribution in [2.75, 3.05) is 13.2 Å². The van der Waals surface area contributed by atoms with E-state index < -0.39 is 11.6 Å². The Morgan fingerprint density at radius 3 is 2.61 bits per heavy atom. The molecular formula is C26H27ClO6. The summed E-state index contributed by atoms with van der Waals surface area (Å²) >= 11 is 6.38. The third kappa shape index (κ3) is 5.82. The molecule has 0 aromatic heterocycles. The second-order valence-corrected chi connectivity index (χ2v) is 8.66. The quantitative estimate of drug-likeness (QED) is 0.463. The van der Waals surface area contributed by atoms with Gasteiger partial charge in [0.2, 0.25) is 5.60 Å². The molecule has 1 N–H and O–H groups in total. The fourth-order valence-electron chi connectivity index (χ4n) is 3.70. The van der Waals surface area contributed by atoms with E-state index in [9.17, 15) is 9.90 Å². The molecular weight excluding hydrogens is 444 g/mol. The van der Waals surface area contributed by atoms with Gasteiger partial charge in [-0.3, -0.25) is 0 Å². The van der Waals surface area contributed by atoms with Crippen molar-refractivity contribution < 1.29 is 28.8 Å². The monoisotopic (exact) mass is 470 g/mol. The summed E-state index contributed by atoms with van der Waals surface area (Å²) in [5.41, 5.74) is -0.209. The highest BCUT2D eigenvalue weighted by Crippen LogP contribution is 2.36. The SMILES string of the molecule is CC1(C(=O)O)CCc2ccc(OCCCOC3=C(Cl)C=C(Oc4ccccc4)CC3)cc2O1. The van der Waals surface area contributed by atoms with Crippen LogP contribution < -0.4 is 14.2 Å². The van der Waals surface area contributed by atoms with Gasteiger partial charge in [-0.2, -0.15) is 0 Å². The van der Waals surface area contributed by atoms with Gasteiger partial charge in [-0.1, -0.05) is 35.9 Å². The molecule has 6 nitrogen and oxygen atoms in total. The highest BCUT2D eigenvalue weighted by molar-refractivity contribution is 6.31. The Balaban J connectivity index is 1.23. The molecule has 2 aliphatic rings. The van der Waals surface area contributed by atoms with E-state index >= 15 is 0 Å². The van der Waals surface area contributed by atoms with Crippen LogP contribution in [0.1, 0.15) is 38.2 Å². The van der Waals surface area contributed by atoms with Crippen LogP contribution in [0, 0.1) is 0 Å². The fourth-order valence-corrected chi connectivity index (χ4v) is 3.97. The topological polar surface area (TPSA) is 74.2 Å². The van der Waals surface area contributed by atoms with Crippen molar-refractivity contribution in [3.05, 3.63) is 76.7 Å². The van der Waals surface area contributed by atoms with Gasteiger partial charge in [0.05, 0.1) is 18.2 Å². The molecule has 0 spiro atoms. The summed E-state index contributed by atoms with van der Waals surface area (Å²) < 4.78 is 23.3. The third-order valence-corrected chi connectivity index (χ3v) is 6.00. The molecule has 0 radical (unpaired) electrons. The van der Waals surface area contributed by atoms with Crippen molar-refractivity contribution in [3.8, 4) is 17.2 Å². The van der Waals surface area contributed by atoms with Crippen LogP contribution in [0.3, 0.4) is 0 Å². The van der Waals surface area contributed by atoms with Crippen molar-refractivity contribution in [2.45, 2.75) is 44.6 Å². The highest BCUT2D eigenvalue weighted by Gasteiger charge is 2.39. The molecule has 174 valence electrons. The number of hydrogen-bond donors (Lipinski definition) is 1. The van der Waals surface area contributed by atoms with Crippen LogP contribution in [0.25, 0.3) is 0 Å². The molecule has 1 aliphatic carbocycles. The molecule has 4 rings (SSSR count). The van der Waals surface area contributed by atoms with Gasteiger partial charge in [0.15, 0.2) is 0 Å². The molecule has 1 unspecified atom stereocenters. The lowest BCUT2D eigenvalue weighted by Gasteiger charge is -2.32. The van der Waals surface area contributed by atoms with Gasteiger partial charge in [0.25, 0.3) is 0 Å². The first-order valence-corrected chi connectivity index (χ1v) is 11.4. The number of aliphatic carboxylic acids is 1. The Morgan fingerprint density at radius 2 is 1.85 bits per heavy atom. The van der Waals surface area contributed by atoms with Crippen LogP contribution in [0.15, 0.2) is 71.2 Å². The zero-order valence-electron chi connectivity index (χ0n) is 18.5. The van der Waals surface area contributed by atoms with Crippen LogP contribution in [0.2, 0.25) is 0 Å². The van der Waals surface area contributed by atoms with Gasteiger partial charge >= 0.3 is 5.97 Å². The summed E-state index contributed by atoms with van der Waals surface area (Å²) in [6.07, 6.45) is 5.00. The second-order valence-electron chi connectivity index (χ2n) is 8.25. The van der Waals surface area contributed by atoms with Crippen molar-refractivity contribution in [1.29, 1.82) is 0 Å². The zero-order valence-corrected chi connectivity index (χ0v) is 19.3. The number of aryl methyl sites for hydroxylation is 1. The highest BCUT2D eigenvalue weighted by atomic mass is 35.5. The van der Waals surface area contributed by atoms with Crippen LogP contribution in [-0.4, -0.2) is 29.9 Å². The Hall–Kier alpha value is -3.12. The molecule has 1 aliphatic heterocycles. The normalized spacial score (nSPS) is 19.8. The molecule has 2 aromatic carbocycles. The Labute approximate surface area is 198 Å². The summed E-state index contributed by atoms with van der Waals surface area (Å²) in [6.45, 7) is 2.53. The van der Waals surface area contributed by atoms with Gasteiger partial charge in [-0.15, -0.1) is 0 Å². The van der Waals surface area contributed by atoms with E-state index in [2.05, 4.69) is 0 Å². The third-order valence-electron chi connectivity index (χ3n) is 5.68. The van der Waals surface area contributed by atoms with E-state index in [1.165, 1.54) is 0 Å². The molecule has 0 bridgehead atoms. The number of allylic oxidation sites excluding steroid dienone is 4. The second kappa shape index (κ2) is 10.2. The maximum atomic E-state index is 11.5. The van der Waals surface area contributed by atoms with Crippen LogP contribution in [-0.2, 0) is 16.0 Å². The average molecular weight is 471 g/mol. The number of benzene rings is 2. The first-order chi connectivity index (χ1) is 15.9. The number of halogens is 1. The predicted molar refractivity (Wildman–Crippen MR) is 125 cm³/mol. The zero-order chi connectivity index (χ0) is 23.3. The minimum absolute atomic E-state index is 0.445. The maximum Gasteiger partial charge on any atom is 0.347 e. The number of carbonyl (C=O) groups is 1. The van der Waals surface area contributed by atoms with Gasteiger partial charge < -0.3 is 24.1 Å². The smallest absolute Gasteiger partial charge is 0.347 e. The summed E-state index contributed by atoms with van der Waals surface area (Å²) in [6, 6.07) is 15.2. The van der Waals surface area contributed by atoms with Crippen LogP contribution in [0.5, 0.6) is 17.2 Å². The summed E-state index contributed by atoms with van der Waals surface area (Å²) in [5, 5.41) is 9.96. The van der Waals surface area contributed by atoms with Crippen molar-refractivity contribution in [2.24, 2.45) is 0 Å². The van der Waals surface area contributed by atoms with E-state index in [1.54, 1.807) is 13.0 Å². The van der Waals surface area contributed by atoms with Crippen molar-refractivity contribution in [1.82, 2.24) is 0 Å². The van der Waals surface area contributed by atoms with Gasteiger partial charge in [-0.05, 0) is 43.2 Å². The molecule has 0 saturated heterocycles. The van der Waals surface area contributed by atoms with E-state index in [4.69, 9.17) is 30.5 Å². The Kier molecular flexibility index (Phi) is 7.14. The number of ether oxygens (including phenoxy) is 4. The predicted octanol–water partition coefficient (Wildman–Crippen LogP) is 5.85. The van der Waals surface area contributed by atoms with Crippen molar-refractivity contribution in [3.63, 3.8) is 0 Å². The first-order valence-electron chi connectivity index (χ1n) is 11.1. The lowest BCUT2D eigenvalue weighted by atomic mass is 9.93. The number of hydrogen-bond acceptors (Lipinski definition) is 5. The first kappa shape index (κ1) is 23.1. The van der Waals surface area contributed by atoms with E-state index in [0.29, 0.717) is 55.4 Å². The minimum atomic E-state index is -1.20. The Bertz CT molecular complexity index is 1060. The number of carboxylic acids is 1. The number of carboxylic acid groups (broad SMARTS) is 1. The summed E-state index contributed by atoms with van der Waals surface area (Å²) in [7, 11) is 0. The van der Waals surface area contributed by atoms with Gasteiger partial charge in [0, 0.05) is 31.7 Å². The molecule has 0 fully saturated rings. The number of rotatable bonds is 9. The lowest BCUT2D eigenvalue weighted by Crippen LogP contribution is -2.44. The molecule has 0 saturated carbocycles. The maximum absolute atomic E-state index is 11.5. The Morgan fingerprint density at radius 1 is 1.06 bits per heavy atom. The molecule has 7 heteroatoms. The average Bonchev–Trinajstić information content (AvgIpc) is 2.80.